The van der Waals surface area contributed by atoms with Crippen molar-refractivity contribution >= 4 is 39.8 Å². The number of dihydropyridines is 1. The summed E-state index contributed by atoms with van der Waals surface area (Å²) in [5, 5.41) is 13.3. The molecule has 7 nitrogen and oxygen atoms in total. The van der Waals surface area contributed by atoms with Crippen LogP contribution >= 0.6 is 11.6 Å². The summed E-state index contributed by atoms with van der Waals surface area (Å²) in [4.78, 5) is 23.9. The number of piperazine rings is 1. The van der Waals surface area contributed by atoms with Crippen LogP contribution in [-0.2, 0) is 9.53 Å². The lowest BCUT2D eigenvalue weighted by molar-refractivity contribution is -0.128. The lowest BCUT2D eigenvalue weighted by Gasteiger charge is -2.46. The number of allylic oxidation sites excluding steroid dienone is 2. The van der Waals surface area contributed by atoms with Crippen LogP contribution in [-0.4, -0.2) is 84.5 Å². The molecule has 2 unspecified atom stereocenters. The Labute approximate surface area is 252 Å². The molecule has 6 rings (SSSR count). The summed E-state index contributed by atoms with van der Waals surface area (Å²) < 4.78 is 6.40. The second kappa shape index (κ2) is 11.8. The Balaban J connectivity index is 1.39. The summed E-state index contributed by atoms with van der Waals surface area (Å²) in [6.45, 7) is 9.04. The Bertz CT molecular complexity index is 1580. The van der Waals surface area contributed by atoms with Gasteiger partial charge in [0.1, 0.15) is 18.2 Å². The van der Waals surface area contributed by atoms with Crippen molar-refractivity contribution in [2.75, 3.05) is 39.8 Å². The number of hydrogen-bond donors (Lipinski definition) is 0. The fraction of sp³-hybridized carbons (Fsp3) is 0.382. The summed E-state index contributed by atoms with van der Waals surface area (Å²) >= 11 is 6.69. The van der Waals surface area contributed by atoms with E-state index in [9.17, 15) is 10.1 Å². The zero-order valence-electron chi connectivity index (χ0n) is 24.2. The van der Waals surface area contributed by atoms with Gasteiger partial charge in [-0.1, -0.05) is 66.7 Å². The summed E-state index contributed by atoms with van der Waals surface area (Å²) in [7, 11) is 2.12. The van der Waals surface area contributed by atoms with Crippen molar-refractivity contribution in [1.29, 1.82) is 5.26 Å². The topological polar surface area (TPSA) is 72.2 Å². The van der Waals surface area contributed by atoms with E-state index in [1.807, 2.05) is 17.0 Å². The summed E-state index contributed by atoms with van der Waals surface area (Å²) in [6, 6.07) is 14.7. The predicted molar refractivity (Wildman–Crippen MR) is 168 cm³/mol. The molecule has 0 saturated carbocycles. The number of likely N-dealkylation sites (tertiary alicyclic amines) is 1. The molecule has 4 aliphatic rings. The van der Waals surface area contributed by atoms with Crippen LogP contribution in [0.4, 0.5) is 0 Å². The molecular formula is C34H36ClN5O2. The van der Waals surface area contributed by atoms with Gasteiger partial charge in [-0.15, -0.1) is 0 Å². The van der Waals surface area contributed by atoms with Gasteiger partial charge in [-0.2, -0.15) is 5.26 Å². The largest absolute Gasteiger partial charge is 0.475 e. The van der Waals surface area contributed by atoms with E-state index in [4.69, 9.17) is 21.3 Å². The molecule has 0 radical (unpaired) electrons. The maximum absolute atomic E-state index is 12.4. The standard InChI is InChI=1S/C34H36ClN5O2/c1-4-31(41)39-16-17-40(22(2)20-39)33-27-14-13-24(26-11-5-8-23-9-6-12-29(35)32(23)26)18-30(27)37-34(28(33)19-36)42-21-25-10-7-15-38(25)3/h4-6,8-9,11-14,18,22,25,27,30H,1,7,10,15-17,20-21H2,2-3H3/t22-,25-,27?,30?/m0/s1. The number of rotatable bonds is 5. The first-order valence-corrected chi connectivity index (χ1v) is 15.1. The minimum atomic E-state index is -0.244. The van der Waals surface area contributed by atoms with Gasteiger partial charge in [-0.05, 0) is 62.0 Å². The average Bonchev–Trinajstić information content (AvgIpc) is 3.42. The fourth-order valence-electron chi connectivity index (χ4n) is 6.79. The van der Waals surface area contributed by atoms with E-state index < -0.39 is 0 Å². The van der Waals surface area contributed by atoms with Crippen molar-refractivity contribution in [1.82, 2.24) is 14.7 Å². The minimum Gasteiger partial charge on any atom is -0.475 e. The van der Waals surface area contributed by atoms with Crippen LogP contribution in [0.25, 0.3) is 16.3 Å². The van der Waals surface area contributed by atoms with Crippen LogP contribution < -0.4 is 0 Å². The number of nitrogens with zero attached hydrogens (tertiary/aromatic N) is 5. The van der Waals surface area contributed by atoms with Crippen molar-refractivity contribution in [3.63, 3.8) is 0 Å². The molecule has 2 fully saturated rings. The van der Waals surface area contributed by atoms with Crippen molar-refractivity contribution < 1.29 is 9.53 Å². The number of carbonyl (C=O) groups is 1. The van der Waals surface area contributed by atoms with Crippen LogP contribution in [0.1, 0.15) is 25.3 Å². The van der Waals surface area contributed by atoms with Crippen molar-refractivity contribution in [3.05, 3.63) is 89.1 Å². The van der Waals surface area contributed by atoms with Crippen molar-refractivity contribution in [2.24, 2.45) is 10.9 Å². The van der Waals surface area contributed by atoms with Crippen LogP contribution in [0.2, 0.25) is 5.02 Å². The number of benzene rings is 2. The molecule has 2 aromatic rings. The number of hydrogen-bond acceptors (Lipinski definition) is 6. The SMILES string of the molecule is C=CC(=O)N1CCN(C2=C(C#N)C(OC[C@@H]3CCCN3C)=NC3C=C(c4cccc5cccc(Cl)c45)C=CC23)[C@@H](C)C1. The van der Waals surface area contributed by atoms with Gasteiger partial charge in [0.05, 0.1) is 6.04 Å². The number of nitriles is 1. The Hall–Kier alpha value is -3.86. The van der Waals surface area contributed by atoms with Crippen LogP contribution in [0.5, 0.6) is 0 Å². The first-order valence-electron chi connectivity index (χ1n) is 14.7. The van der Waals surface area contributed by atoms with E-state index in [-0.39, 0.29) is 23.9 Å². The monoisotopic (exact) mass is 581 g/mol. The molecule has 216 valence electrons. The lowest BCUT2D eigenvalue weighted by Crippen LogP contribution is -2.54. The number of fused-ring (bicyclic) bond motifs is 2. The number of amides is 1. The molecule has 0 bridgehead atoms. The zero-order valence-corrected chi connectivity index (χ0v) is 24.9. The molecule has 3 heterocycles. The van der Waals surface area contributed by atoms with Gasteiger partial charge in [0.15, 0.2) is 0 Å². The minimum absolute atomic E-state index is 0.0117. The quantitative estimate of drug-likeness (QED) is 0.439. The molecule has 0 aromatic heterocycles. The first kappa shape index (κ1) is 28.3. The average molecular weight is 582 g/mol. The highest BCUT2D eigenvalue weighted by Crippen LogP contribution is 2.40. The Morgan fingerprint density at radius 2 is 2.05 bits per heavy atom. The number of aliphatic imine (C=N–C) groups is 1. The lowest BCUT2D eigenvalue weighted by atomic mass is 9.82. The van der Waals surface area contributed by atoms with E-state index >= 15 is 0 Å². The molecule has 0 spiro atoms. The summed E-state index contributed by atoms with van der Waals surface area (Å²) in [6.07, 6.45) is 10.1. The molecule has 0 N–H and O–H groups in total. The van der Waals surface area contributed by atoms with E-state index in [0.717, 1.165) is 47.0 Å². The highest BCUT2D eigenvalue weighted by molar-refractivity contribution is 6.36. The fourth-order valence-corrected chi connectivity index (χ4v) is 7.07. The molecule has 1 aliphatic carbocycles. The molecule has 42 heavy (non-hydrogen) atoms. The van der Waals surface area contributed by atoms with E-state index in [0.29, 0.717) is 48.8 Å². The Morgan fingerprint density at radius 1 is 1.24 bits per heavy atom. The highest BCUT2D eigenvalue weighted by atomic mass is 35.5. The van der Waals surface area contributed by atoms with Gasteiger partial charge in [-0.25, -0.2) is 4.99 Å². The van der Waals surface area contributed by atoms with Crippen LogP contribution in [0.15, 0.2) is 83.5 Å². The molecular weight excluding hydrogens is 546 g/mol. The molecule has 3 aliphatic heterocycles. The van der Waals surface area contributed by atoms with E-state index in [1.165, 1.54) is 6.08 Å². The predicted octanol–water partition coefficient (Wildman–Crippen LogP) is 5.45. The van der Waals surface area contributed by atoms with E-state index in [2.05, 4.69) is 78.9 Å². The molecule has 8 heteroatoms. The molecule has 2 saturated heterocycles. The number of halogens is 1. The first-order chi connectivity index (χ1) is 20.4. The van der Waals surface area contributed by atoms with Gasteiger partial charge < -0.3 is 19.4 Å². The molecule has 2 aromatic carbocycles. The third-order valence-corrected chi connectivity index (χ3v) is 9.35. The third-order valence-electron chi connectivity index (χ3n) is 9.04. The number of ether oxygens (including phenoxy) is 1. The number of likely N-dealkylation sites (N-methyl/N-ethyl adjacent to an activating group) is 1. The summed E-state index contributed by atoms with van der Waals surface area (Å²) in [5.74, 6) is 0.217. The zero-order chi connectivity index (χ0) is 29.4. The highest BCUT2D eigenvalue weighted by Gasteiger charge is 2.40. The second-order valence-electron chi connectivity index (χ2n) is 11.6. The Kier molecular flexibility index (Phi) is 7.94. The number of carbonyl (C=O) groups excluding carboxylic acids is 1. The van der Waals surface area contributed by atoms with Gasteiger partial charge in [0, 0.05) is 53.7 Å². The van der Waals surface area contributed by atoms with E-state index in [1.54, 1.807) is 0 Å². The normalized spacial score (nSPS) is 26.0. The maximum Gasteiger partial charge on any atom is 0.246 e. The van der Waals surface area contributed by atoms with Crippen LogP contribution in [0, 0.1) is 17.2 Å². The maximum atomic E-state index is 12.4. The third kappa shape index (κ3) is 5.14. The smallest absolute Gasteiger partial charge is 0.246 e. The molecule has 1 amide bonds. The summed E-state index contributed by atoms with van der Waals surface area (Å²) in [5.41, 5.74) is 3.51. The molecule has 4 atom stereocenters. The van der Waals surface area contributed by atoms with Gasteiger partial charge in [0.2, 0.25) is 11.8 Å². The van der Waals surface area contributed by atoms with Gasteiger partial charge in [-0.3, -0.25) is 4.79 Å². The second-order valence-corrected chi connectivity index (χ2v) is 12.0. The van der Waals surface area contributed by atoms with Crippen molar-refractivity contribution in [2.45, 2.75) is 37.9 Å². The Morgan fingerprint density at radius 3 is 2.76 bits per heavy atom. The van der Waals surface area contributed by atoms with Gasteiger partial charge >= 0.3 is 0 Å². The van der Waals surface area contributed by atoms with Crippen molar-refractivity contribution in [3.8, 4) is 6.07 Å². The van der Waals surface area contributed by atoms with Crippen LogP contribution in [0.3, 0.4) is 0 Å². The van der Waals surface area contributed by atoms with Gasteiger partial charge in [0.25, 0.3) is 0 Å².